The Balaban J connectivity index is 2.54. The summed E-state index contributed by atoms with van der Waals surface area (Å²) in [6.07, 6.45) is -2.83. The smallest absolute Gasteiger partial charge is 0.444 e. The molecule has 0 aromatic heterocycles. The van der Waals surface area contributed by atoms with Crippen molar-refractivity contribution in [1.29, 1.82) is 0 Å². The highest BCUT2D eigenvalue weighted by atomic mass is 32.2. The van der Waals surface area contributed by atoms with Crippen LogP contribution < -0.4 is 5.32 Å². The normalized spacial score (nSPS) is 13.4. The van der Waals surface area contributed by atoms with Gasteiger partial charge in [0.2, 0.25) is 10.0 Å². The maximum atomic E-state index is 13.8. The number of non-ortho nitro benzene ring substituents is 1. The minimum absolute atomic E-state index is 0.0190. The molecule has 0 radical (unpaired) electrons. The van der Waals surface area contributed by atoms with Crippen LogP contribution in [0.2, 0.25) is 0 Å². The average molecular weight is 594 g/mol. The Labute approximate surface area is 241 Å². The van der Waals surface area contributed by atoms with Gasteiger partial charge in [0.15, 0.2) is 0 Å². The molecule has 1 unspecified atom stereocenters. The number of nitro benzene ring substituents is 1. The number of amides is 1. The Kier molecular flexibility index (Phi) is 12.1. The molecule has 2 atom stereocenters. The number of hydrogen-bond donors (Lipinski definition) is 1. The van der Waals surface area contributed by atoms with Crippen LogP contribution in [0.1, 0.15) is 47.1 Å². The number of rotatable bonds is 13. The van der Waals surface area contributed by atoms with Crippen LogP contribution in [-0.4, -0.2) is 67.3 Å². The number of hydrogen-bond acceptors (Lipinski definition) is 9. The van der Waals surface area contributed by atoms with Gasteiger partial charge >= 0.3 is 12.2 Å². The maximum absolute atomic E-state index is 13.8. The first kappa shape index (κ1) is 33.5. The molecular formula is C28H39N3O9S. The summed E-state index contributed by atoms with van der Waals surface area (Å²) in [6.45, 7) is 10.0. The third-order valence-corrected chi connectivity index (χ3v) is 7.44. The van der Waals surface area contributed by atoms with Crippen LogP contribution in [0.4, 0.5) is 15.3 Å². The van der Waals surface area contributed by atoms with Gasteiger partial charge in [-0.15, -0.1) is 0 Å². The predicted molar refractivity (Wildman–Crippen MR) is 152 cm³/mol. The molecule has 0 heterocycles. The van der Waals surface area contributed by atoms with E-state index in [0.29, 0.717) is 0 Å². The van der Waals surface area contributed by atoms with Crippen molar-refractivity contribution < 1.29 is 37.1 Å². The van der Waals surface area contributed by atoms with Crippen molar-refractivity contribution in [3.05, 3.63) is 70.3 Å². The standard InChI is InChI=1S/C28H39N3O9S/c1-7-38-27(33)39-25(24(17-21-11-9-8-10-12-21)29-26(32)40-28(4,5)6)19-30(18-20(2)3)41(36,37)23-15-13-22(14-16-23)31(34)35/h8-16,20,24-25H,7,17-19H2,1-6H3,(H,29,32)/t24?,25-/m1/s1. The number of carbonyl (C=O) groups excluding carboxylic acids is 2. The Morgan fingerprint density at radius 2 is 1.63 bits per heavy atom. The molecule has 0 aliphatic carbocycles. The molecule has 2 rings (SSSR count). The van der Waals surface area contributed by atoms with Crippen LogP contribution in [-0.2, 0) is 30.7 Å². The van der Waals surface area contributed by atoms with Crippen LogP contribution in [0.5, 0.6) is 0 Å². The number of nitro groups is 1. The van der Waals surface area contributed by atoms with Gasteiger partial charge in [-0.2, -0.15) is 4.31 Å². The zero-order valence-corrected chi connectivity index (χ0v) is 25.1. The van der Waals surface area contributed by atoms with E-state index in [2.05, 4.69) is 5.32 Å². The van der Waals surface area contributed by atoms with E-state index in [1.165, 1.54) is 0 Å². The summed E-state index contributed by atoms with van der Waals surface area (Å²) in [5.41, 5.74) is -0.283. The third-order valence-electron chi connectivity index (χ3n) is 5.60. The number of sulfonamides is 1. The highest BCUT2D eigenvalue weighted by Crippen LogP contribution is 2.23. The summed E-state index contributed by atoms with van der Waals surface area (Å²) in [5, 5.41) is 13.8. The molecule has 0 aliphatic heterocycles. The van der Waals surface area contributed by atoms with Crippen molar-refractivity contribution >= 4 is 28.0 Å². The van der Waals surface area contributed by atoms with Crippen molar-refractivity contribution in [3.63, 3.8) is 0 Å². The van der Waals surface area contributed by atoms with Crippen molar-refractivity contribution in [2.75, 3.05) is 19.7 Å². The number of alkyl carbamates (subject to hydrolysis) is 1. The molecule has 0 saturated heterocycles. The van der Waals surface area contributed by atoms with Crippen LogP contribution in [0.25, 0.3) is 0 Å². The molecule has 12 nitrogen and oxygen atoms in total. The monoisotopic (exact) mass is 593 g/mol. The van der Waals surface area contributed by atoms with E-state index in [9.17, 15) is 28.1 Å². The largest absolute Gasteiger partial charge is 0.508 e. The number of nitrogens with one attached hydrogen (secondary N) is 1. The number of ether oxygens (including phenoxy) is 3. The van der Waals surface area contributed by atoms with Gasteiger partial charge in [-0.05, 0) is 57.7 Å². The SMILES string of the molecule is CCOC(=O)O[C@H](CN(CC(C)C)S(=O)(=O)c1ccc([N+](=O)[O-])cc1)C(Cc1ccccc1)NC(=O)OC(C)(C)C. The molecule has 0 saturated carbocycles. The van der Waals surface area contributed by atoms with E-state index in [0.717, 1.165) is 34.1 Å². The van der Waals surface area contributed by atoms with Gasteiger partial charge in [-0.1, -0.05) is 44.2 Å². The van der Waals surface area contributed by atoms with Crippen LogP contribution >= 0.6 is 0 Å². The van der Waals surface area contributed by atoms with Crippen molar-refractivity contribution in [2.45, 2.75) is 70.6 Å². The summed E-state index contributed by atoms with van der Waals surface area (Å²) >= 11 is 0. The van der Waals surface area contributed by atoms with E-state index in [1.54, 1.807) is 27.7 Å². The molecule has 226 valence electrons. The molecule has 0 fully saturated rings. The topological polar surface area (TPSA) is 154 Å². The minimum Gasteiger partial charge on any atom is -0.444 e. The second-order valence-electron chi connectivity index (χ2n) is 10.7. The first-order chi connectivity index (χ1) is 19.1. The summed E-state index contributed by atoms with van der Waals surface area (Å²) in [6, 6.07) is 12.7. The molecule has 0 bridgehead atoms. The zero-order valence-electron chi connectivity index (χ0n) is 24.2. The van der Waals surface area contributed by atoms with Gasteiger partial charge < -0.3 is 19.5 Å². The molecule has 0 aliphatic rings. The Hall–Kier alpha value is -3.71. The minimum atomic E-state index is -4.21. The van der Waals surface area contributed by atoms with E-state index >= 15 is 0 Å². The molecular weight excluding hydrogens is 554 g/mol. The second kappa shape index (κ2) is 14.8. The number of carbonyl (C=O) groups is 2. The molecule has 0 spiro atoms. The maximum Gasteiger partial charge on any atom is 0.508 e. The fourth-order valence-corrected chi connectivity index (χ4v) is 5.51. The van der Waals surface area contributed by atoms with Gasteiger partial charge in [-0.25, -0.2) is 18.0 Å². The summed E-state index contributed by atoms with van der Waals surface area (Å²) in [4.78, 5) is 35.7. The fourth-order valence-electron chi connectivity index (χ4n) is 3.89. The quantitative estimate of drug-likeness (QED) is 0.194. The molecule has 2 aromatic carbocycles. The Bertz CT molecular complexity index is 1260. The molecule has 1 amide bonds. The molecule has 41 heavy (non-hydrogen) atoms. The highest BCUT2D eigenvalue weighted by Gasteiger charge is 2.36. The Morgan fingerprint density at radius 3 is 2.15 bits per heavy atom. The fraction of sp³-hybridized carbons (Fsp3) is 0.500. The average Bonchev–Trinajstić information content (AvgIpc) is 2.87. The number of benzene rings is 2. The summed E-state index contributed by atoms with van der Waals surface area (Å²) in [5.74, 6) is -0.141. The van der Waals surface area contributed by atoms with E-state index in [-0.39, 0.29) is 42.6 Å². The summed E-state index contributed by atoms with van der Waals surface area (Å²) in [7, 11) is -4.21. The van der Waals surface area contributed by atoms with Gasteiger partial charge in [-0.3, -0.25) is 10.1 Å². The van der Waals surface area contributed by atoms with Gasteiger partial charge in [0, 0.05) is 18.7 Å². The second-order valence-corrected chi connectivity index (χ2v) is 12.7. The lowest BCUT2D eigenvalue weighted by Gasteiger charge is -2.33. The third kappa shape index (κ3) is 11.0. The van der Waals surface area contributed by atoms with Crippen molar-refractivity contribution in [1.82, 2.24) is 9.62 Å². The first-order valence-electron chi connectivity index (χ1n) is 13.2. The zero-order chi connectivity index (χ0) is 30.8. The molecule has 2 aromatic rings. The van der Waals surface area contributed by atoms with Crippen LogP contribution in [0, 0.1) is 16.0 Å². The van der Waals surface area contributed by atoms with E-state index < -0.39 is 44.9 Å². The first-order valence-corrected chi connectivity index (χ1v) is 14.7. The van der Waals surface area contributed by atoms with Gasteiger partial charge in [0.1, 0.15) is 11.7 Å². The highest BCUT2D eigenvalue weighted by molar-refractivity contribution is 7.89. The van der Waals surface area contributed by atoms with E-state index in [1.807, 2.05) is 44.2 Å². The molecule has 13 heteroatoms. The summed E-state index contributed by atoms with van der Waals surface area (Å²) < 4.78 is 44.7. The van der Waals surface area contributed by atoms with Crippen LogP contribution in [0.15, 0.2) is 59.5 Å². The lowest BCUT2D eigenvalue weighted by molar-refractivity contribution is -0.384. The van der Waals surface area contributed by atoms with Crippen molar-refractivity contribution in [3.8, 4) is 0 Å². The predicted octanol–water partition coefficient (Wildman–Crippen LogP) is 4.92. The van der Waals surface area contributed by atoms with Gasteiger partial charge in [0.05, 0.1) is 29.0 Å². The van der Waals surface area contributed by atoms with Crippen molar-refractivity contribution in [2.24, 2.45) is 5.92 Å². The number of nitrogens with zero attached hydrogens (tertiary/aromatic N) is 2. The van der Waals surface area contributed by atoms with Crippen LogP contribution in [0.3, 0.4) is 0 Å². The van der Waals surface area contributed by atoms with Gasteiger partial charge in [0.25, 0.3) is 5.69 Å². The Morgan fingerprint density at radius 1 is 1.02 bits per heavy atom. The van der Waals surface area contributed by atoms with E-state index in [4.69, 9.17) is 14.2 Å². The molecule has 1 N–H and O–H groups in total. The lowest BCUT2D eigenvalue weighted by Crippen LogP contribution is -2.53. The lowest BCUT2D eigenvalue weighted by atomic mass is 10.0.